The molecular weight excluding hydrogens is 229 g/mol. The Bertz CT molecular complexity index is 388. The molecule has 0 spiro atoms. The number of rotatable bonds is 3. The third kappa shape index (κ3) is 3.71. The summed E-state index contributed by atoms with van der Waals surface area (Å²) in [7, 11) is 0. The van der Waals surface area contributed by atoms with Crippen molar-refractivity contribution in [3.8, 4) is 0 Å². The van der Waals surface area contributed by atoms with Crippen LogP contribution in [0.3, 0.4) is 0 Å². The molecule has 0 aliphatic carbocycles. The molecule has 1 aliphatic heterocycles. The van der Waals surface area contributed by atoms with E-state index in [9.17, 15) is 13.2 Å². The van der Waals surface area contributed by atoms with E-state index >= 15 is 0 Å². The highest BCUT2D eigenvalue weighted by molar-refractivity contribution is 5.33. The number of fused-ring (bicyclic) bond motifs is 1. The lowest BCUT2D eigenvalue weighted by molar-refractivity contribution is -0.125. The maximum atomic E-state index is 12.0. The molecule has 0 saturated heterocycles. The number of halogens is 3. The zero-order valence-corrected chi connectivity index (χ0v) is 9.40. The van der Waals surface area contributed by atoms with Crippen molar-refractivity contribution in [2.24, 2.45) is 0 Å². The molecule has 0 saturated carbocycles. The summed E-state index contributed by atoms with van der Waals surface area (Å²) in [6.07, 6.45) is -3.19. The highest BCUT2D eigenvalue weighted by Crippen LogP contribution is 2.16. The second-order valence-corrected chi connectivity index (χ2v) is 4.25. The van der Waals surface area contributed by atoms with Gasteiger partial charge >= 0.3 is 6.18 Å². The SMILES string of the molecule is FC(F)(F)CNCc1ccc2c(c1)CCNC2. The second kappa shape index (κ2) is 5.06. The first-order chi connectivity index (χ1) is 8.04. The van der Waals surface area contributed by atoms with E-state index in [1.807, 2.05) is 18.2 Å². The molecule has 1 aromatic rings. The van der Waals surface area contributed by atoms with Crippen molar-refractivity contribution >= 4 is 0 Å². The summed E-state index contributed by atoms with van der Waals surface area (Å²) in [6, 6.07) is 5.88. The minimum Gasteiger partial charge on any atom is -0.312 e. The highest BCUT2D eigenvalue weighted by atomic mass is 19.4. The first-order valence-corrected chi connectivity index (χ1v) is 5.63. The van der Waals surface area contributed by atoms with E-state index in [1.165, 1.54) is 11.1 Å². The molecule has 0 radical (unpaired) electrons. The summed E-state index contributed by atoms with van der Waals surface area (Å²) < 4.78 is 35.9. The molecular formula is C12H15F3N2. The average molecular weight is 244 g/mol. The molecule has 2 N–H and O–H groups in total. The second-order valence-electron chi connectivity index (χ2n) is 4.25. The summed E-state index contributed by atoms with van der Waals surface area (Å²) in [5.74, 6) is 0. The van der Waals surface area contributed by atoms with Crippen LogP contribution in [-0.2, 0) is 19.5 Å². The molecule has 0 amide bonds. The minimum atomic E-state index is -4.14. The van der Waals surface area contributed by atoms with Crippen molar-refractivity contribution in [3.63, 3.8) is 0 Å². The van der Waals surface area contributed by atoms with Crippen LogP contribution < -0.4 is 10.6 Å². The first kappa shape index (κ1) is 12.4. The van der Waals surface area contributed by atoms with Crippen LogP contribution >= 0.6 is 0 Å². The molecule has 0 bridgehead atoms. The summed E-state index contributed by atoms with van der Waals surface area (Å²) >= 11 is 0. The maximum Gasteiger partial charge on any atom is 0.401 e. The van der Waals surface area contributed by atoms with E-state index in [2.05, 4.69) is 10.6 Å². The zero-order valence-electron chi connectivity index (χ0n) is 9.40. The monoisotopic (exact) mass is 244 g/mol. The Morgan fingerprint density at radius 2 is 2.06 bits per heavy atom. The van der Waals surface area contributed by atoms with Gasteiger partial charge in [-0.05, 0) is 29.7 Å². The van der Waals surface area contributed by atoms with Gasteiger partial charge in [0.15, 0.2) is 0 Å². The third-order valence-corrected chi connectivity index (χ3v) is 2.81. The van der Waals surface area contributed by atoms with Gasteiger partial charge in [-0.25, -0.2) is 0 Å². The van der Waals surface area contributed by atoms with Crippen LogP contribution in [0.2, 0.25) is 0 Å². The molecule has 0 fully saturated rings. The Hall–Kier alpha value is -1.07. The molecule has 5 heteroatoms. The number of nitrogens with one attached hydrogen (secondary N) is 2. The number of benzene rings is 1. The van der Waals surface area contributed by atoms with Crippen LogP contribution in [0, 0.1) is 0 Å². The largest absolute Gasteiger partial charge is 0.401 e. The molecule has 2 nitrogen and oxygen atoms in total. The zero-order chi connectivity index (χ0) is 12.3. The standard InChI is InChI=1S/C12H15F3N2/c13-12(14,15)8-17-6-9-1-2-11-7-16-4-3-10(11)5-9/h1-2,5,16-17H,3-4,6-8H2. The Morgan fingerprint density at radius 3 is 2.82 bits per heavy atom. The molecule has 0 unspecified atom stereocenters. The lowest BCUT2D eigenvalue weighted by atomic mass is 9.98. The van der Waals surface area contributed by atoms with Crippen molar-refractivity contribution in [1.29, 1.82) is 0 Å². The fourth-order valence-corrected chi connectivity index (χ4v) is 1.99. The van der Waals surface area contributed by atoms with Gasteiger partial charge in [-0.1, -0.05) is 18.2 Å². The van der Waals surface area contributed by atoms with E-state index in [0.29, 0.717) is 0 Å². The molecule has 1 aromatic carbocycles. The van der Waals surface area contributed by atoms with Crippen molar-refractivity contribution in [2.75, 3.05) is 13.1 Å². The van der Waals surface area contributed by atoms with E-state index in [1.54, 1.807) is 0 Å². The number of hydrogen-bond acceptors (Lipinski definition) is 2. The molecule has 0 aromatic heterocycles. The van der Waals surface area contributed by atoms with Gasteiger partial charge in [-0.2, -0.15) is 13.2 Å². The van der Waals surface area contributed by atoms with Crippen LogP contribution in [-0.4, -0.2) is 19.3 Å². The van der Waals surface area contributed by atoms with Gasteiger partial charge in [0.25, 0.3) is 0 Å². The predicted octanol–water partition coefficient (Wildman–Crippen LogP) is 1.98. The maximum absolute atomic E-state index is 12.0. The van der Waals surface area contributed by atoms with Gasteiger partial charge in [0.05, 0.1) is 6.54 Å². The molecule has 1 aliphatic rings. The first-order valence-electron chi connectivity index (χ1n) is 5.63. The van der Waals surface area contributed by atoms with Crippen LogP contribution in [0.4, 0.5) is 13.2 Å². The minimum absolute atomic E-state index is 0.264. The van der Waals surface area contributed by atoms with Crippen molar-refractivity contribution in [2.45, 2.75) is 25.7 Å². The van der Waals surface area contributed by atoms with Gasteiger partial charge in [-0.15, -0.1) is 0 Å². The predicted molar refractivity (Wildman–Crippen MR) is 59.6 cm³/mol. The summed E-state index contributed by atoms with van der Waals surface area (Å²) in [4.78, 5) is 0. The van der Waals surface area contributed by atoms with Crippen molar-refractivity contribution < 1.29 is 13.2 Å². The van der Waals surface area contributed by atoms with Crippen LogP contribution in [0.1, 0.15) is 16.7 Å². The van der Waals surface area contributed by atoms with Gasteiger partial charge < -0.3 is 10.6 Å². The quantitative estimate of drug-likeness (QED) is 0.849. The van der Waals surface area contributed by atoms with E-state index in [4.69, 9.17) is 0 Å². The normalized spacial score (nSPS) is 15.7. The smallest absolute Gasteiger partial charge is 0.312 e. The fraction of sp³-hybridized carbons (Fsp3) is 0.500. The average Bonchev–Trinajstić information content (AvgIpc) is 2.27. The topological polar surface area (TPSA) is 24.1 Å². The Balaban J connectivity index is 1.93. The van der Waals surface area contributed by atoms with Crippen LogP contribution in [0.25, 0.3) is 0 Å². The lowest BCUT2D eigenvalue weighted by Gasteiger charge is -2.18. The Morgan fingerprint density at radius 1 is 1.24 bits per heavy atom. The Labute approximate surface area is 98.2 Å². The lowest BCUT2D eigenvalue weighted by Crippen LogP contribution is -2.28. The van der Waals surface area contributed by atoms with E-state index in [0.717, 1.165) is 25.1 Å². The van der Waals surface area contributed by atoms with Crippen LogP contribution in [0.5, 0.6) is 0 Å². The molecule has 17 heavy (non-hydrogen) atoms. The number of hydrogen-bond donors (Lipinski definition) is 2. The van der Waals surface area contributed by atoms with Gasteiger partial charge in [0, 0.05) is 13.1 Å². The molecule has 1 heterocycles. The third-order valence-electron chi connectivity index (χ3n) is 2.81. The van der Waals surface area contributed by atoms with E-state index < -0.39 is 12.7 Å². The summed E-state index contributed by atoms with van der Waals surface area (Å²) in [5.41, 5.74) is 3.40. The fourth-order valence-electron chi connectivity index (χ4n) is 1.99. The van der Waals surface area contributed by atoms with Gasteiger partial charge in [-0.3, -0.25) is 0 Å². The number of alkyl halides is 3. The van der Waals surface area contributed by atoms with Gasteiger partial charge in [0.1, 0.15) is 0 Å². The molecule has 94 valence electrons. The molecule has 2 rings (SSSR count). The van der Waals surface area contributed by atoms with E-state index in [-0.39, 0.29) is 6.54 Å². The highest BCUT2D eigenvalue weighted by Gasteiger charge is 2.26. The van der Waals surface area contributed by atoms with Crippen molar-refractivity contribution in [3.05, 3.63) is 34.9 Å². The molecule has 0 atom stereocenters. The van der Waals surface area contributed by atoms with Gasteiger partial charge in [0.2, 0.25) is 0 Å². The summed E-state index contributed by atoms with van der Waals surface area (Å²) in [6.45, 7) is 1.11. The summed E-state index contributed by atoms with van der Waals surface area (Å²) in [5, 5.41) is 5.67. The Kier molecular flexibility index (Phi) is 3.69. The van der Waals surface area contributed by atoms with Crippen molar-refractivity contribution in [1.82, 2.24) is 10.6 Å². The van der Waals surface area contributed by atoms with Crippen LogP contribution in [0.15, 0.2) is 18.2 Å².